The van der Waals surface area contributed by atoms with Gasteiger partial charge in [0.2, 0.25) is 5.43 Å². The molecule has 0 radical (unpaired) electrons. The van der Waals surface area contributed by atoms with E-state index in [1.165, 1.54) is 37.8 Å². The van der Waals surface area contributed by atoms with Gasteiger partial charge in [0, 0.05) is 38.4 Å². The minimum atomic E-state index is 0. The molecule has 0 saturated carbocycles. The molecule has 0 spiro atoms. The largest absolute Gasteiger partial charge is 0.373 e. The molecule has 1 aromatic rings. The number of benzene rings is 2. The van der Waals surface area contributed by atoms with E-state index in [-0.39, 0.29) is 18.9 Å². The van der Waals surface area contributed by atoms with Gasteiger partial charge >= 0.3 is 0 Å². The Morgan fingerprint density at radius 3 is 2.50 bits per heavy atom. The summed E-state index contributed by atoms with van der Waals surface area (Å²) in [6.07, 6.45) is 9.29. The first-order valence-corrected chi connectivity index (χ1v) is 13.4. The number of rotatable bonds is 8. The van der Waals surface area contributed by atoms with Gasteiger partial charge in [-0.3, -0.25) is 4.79 Å². The van der Waals surface area contributed by atoms with Crippen molar-refractivity contribution in [2.24, 2.45) is 5.41 Å². The van der Waals surface area contributed by atoms with Gasteiger partial charge < -0.3 is 9.80 Å². The van der Waals surface area contributed by atoms with Crippen molar-refractivity contribution in [1.82, 2.24) is 4.98 Å². The van der Waals surface area contributed by atoms with Crippen LogP contribution in [0.1, 0.15) is 71.3 Å². The number of aromatic nitrogens is 1. The smallest absolute Gasteiger partial charge is 0.206 e. The van der Waals surface area contributed by atoms with Crippen molar-refractivity contribution in [1.29, 1.82) is 0 Å². The maximum atomic E-state index is 13.5. The third-order valence-electron chi connectivity index (χ3n) is 7.06. The van der Waals surface area contributed by atoms with Gasteiger partial charge in [0.15, 0.2) is 0 Å². The molecule has 3 aliphatic rings. The molecule has 34 heavy (non-hydrogen) atoms. The van der Waals surface area contributed by atoms with Crippen molar-refractivity contribution in [3.8, 4) is 10.6 Å². The van der Waals surface area contributed by atoms with Crippen molar-refractivity contribution >= 4 is 46.4 Å². The molecule has 4 nitrogen and oxygen atoms in total. The predicted molar refractivity (Wildman–Crippen MR) is 155 cm³/mol. The minimum absolute atomic E-state index is 0. The Morgan fingerprint density at radius 1 is 1.09 bits per heavy atom. The zero-order valence-corrected chi connectivity index (χ0v) is 23.4. The van der Waals surface area contributed by atoms with Gasteiger partial charge in [-0.05, 0) is 74.6 Å². The molecule has 6 heteroatoms. The Bertz CT molecular complexity index is 1130. The van der Waals surface area contributed by atoms with Crippen molar-refractivity contribution in [2.45, 2.75) is 72.1 Å². The Balaban J connectivity index is 0.00000324. The summed E-state index contributed by atoms with van der Waals surface area (Å²) in [4.78, 5) is 24.0. The molecular weight excluding hydrogens is 458 g/mol. The number of anilines is 2. The van der Waals surface area contributed by atoms with Gasteiger partial charge in [-0.1, -0.05) is 27.2 Å². The Hall–Kier alpha value is -1.79. The third kappa shape index (κ3) is 5.88. The monoisotopic (exact) mass is 499 g/mol. The Kier molecular flexibility index (Phi) is 8.91. The van der Waals surface area contributed by atoms with Crippen LogP contribution in [0.15, 0.2) is 29.1 Å². The number of hydrogen-bond acceptors (Lipinski definition) is 5. The topological polar surface area (TPSA) is 36.4 Å². The summed E-state index contributed by atoms with van der Waals surface area (Å²) in [6.45, 7) is 9.19. The van der Waals surface area contributed by atoms with E-state index in [4.69, 9.17) is 4.98 Å². The summed E-state index contributed by atoms with van der Waals surface area (Å²) in [7, 11) is 3.96. The Labute approximate surface area is 216 Å². The van der Waals surface area contributed by atoms with E-state index in [0.29, 0.717) is 5.41 Å². The second kappa shape index (κ2) is 11.3. The van der Waals surface area contributed by atoms with E-state index in [2.05, 4.69) is 49.9 Å². The summed E-state index contributed by atoms with van der Waals surface area (Å²) in [5.41, 5.74) is 5.45. The summed E-state index contributed by atoms with van der Waals surface area (Å²) < 4.78 is 1.15. The molecular formula is C28H41N3OS2. The number of nitrogens with zero attached hydrogens (tertiary/aromatic N) is 3. The van der Waals surface area contributed by atoms with Crippen LogP contribution in [0.2, 0.25) is 0 Å². The number of piperidine rings is 1. The fraction of sp³-hybridized carbons (Fsp3) is 0.571. The van der Waals surface area contributed by atoms with Crippen LogP contribution in [-0.4, -0.2) is 32.2 Å². The highest BCUT2D eigenvalue weighted by atomic mass is 32.1. The van der Waals surface area contributed by atoms with Gasteiger partial charge in [-0.25, -0.2) is 4.98 Å². The first kappa shape index (κ1) is 26.8. The average Bonchev–Trinajstić information content (AvgIpc) is 2.78. The number of aryl methyl sites for hydroxylation is 1. The summed E-state index contributed by atoms with van der Waals surface area (Å²) >= 11 is 1.71. The van der Waals surface area contributed by atoms with Crippen LogP contribution >= 0.6 is 24.8 Å². The molecule has 0 amide bonds. The van der Waals surface area contributed by atoms with E-state index in [1.807, 2.05) is 19.0 Å². The van der Waals surface area contributed by atoms with E-state index in [0.717, 1.165) is 64.4 Å². The predicted octanol–water partition coefficient (Wildman–Crippen LogP) is 7.08. The maximum absolute atomic E-state index is 13.5. The molecule has 186 valence electrons. The van der Waals surface area contributed by atoms with Gasteiger partial charge in [-0.2, -0.15) is 13.5 Å². The van der Waals surface area contributed by atoms with Crippen LogP contribution in [0, 0.1) is 5.41 Å². The van der Waals surface area contributed by atoms with Crippen LogP contribution in [0.25, 0.3) is 20.8 Å². The molecule has 0 atom stereocenters. The second-order valence-corrected chi connectivity index (χ2v) is 11.7. The molecule has 1 saturated heterocycles. The van der Waals surface area contributed by atoms with Crippen LogP contribution < -0.4 is 15.2 Å². The zero-order valence-electron chi connectivity index (χ0n) is 21.5. The molecule has 2 heterocycles. The van der Waals surface area contributed by atoms with Crippen molar-refractivity contribution < 1.29 is 0 Å². The molecule has 4 rings (SSSR count). The fourth-order valence-electron chi connectivity index (χ4n) is 5.27. The van der Waals surface area contributed by atoms with Crippen molar-refractivity contribution in [3.05, 3.63) is 40.1 Å². The van der Waals surface area contributed by atoms with E-state index >= 15 is 0 Å². The molecule has 0 bridgehead atoms. The second-order valence-electron chi connectivity index (χ2n) is 10.6. The molecule has 1 fully saturated rings. The molecule has 1 aromatic carbocycles. The maximum Gasteiger partial charge on any atom is 0.206 e. The first-order valence-electron chi connectivity index (χ1n) is 12.6. The molecule has 2 aliphatic heterocycles. The summed E-state index contributed by atoms with van der Waals surface area (Å²) in [6, 6.07) is 8.70. The lowest BCUT2D eigenvalue weighted by Crippen LogP contribution is -2.29. The first-order chi connectivity index (χ1) is 15.8. The quantitative estimate of drug-likeness (QED) is 0.310. The zero-order chi connectivity index (χ0) is 23.6. The standard InChI is InChI=1S/C28H39N3OS.H2S/c1-6-14-28(2,3)15-10-11-20-18-23-27(25(26(20)32)30(4)5)33-24-19-21(12-13-22(24)29-23)31-16-8-7-9-17-31;/h12-13,18-19H,6-11,14-17H2,1-5H3;1H2. The summed E-state index contributed by atoms with van der Waals surface area (Å²) in [5, 5.41) is 0. The highest BCUT2D eigenvalue weighted by Gasteiger charge is 2.22. The fourth-order valence-corrected chi connectivity index (χ4v) is 6.47. The SMILES string of the molecule is CCCC(C)(C)CCCc1cc2nc3ccc(N4CCCCC4)cc3sc-2c(N(C)C)c1=O.S. The van der Waals surface area contributed by atoms with Gasteiger partial charge in [0.1, 0.15) is 5.69 Å². The Morgan fingerprint density at radius 2 is 1.82 bits per heavy atom. The van der Waals surface area contributed by atoms with E-state index in [1.54, 1.807) is 11.3 Å². The molecule has 0 aromatic heterocycles. The van der Waals surface area contributed by atoms with Crippen molar-refractivity contribution in [2.75, 3.05) is 37.0 Å². The van der Waals surface area contributed by atoms with Crippen LogP contribution in [0.5, 0.6) is 0 Å². The van der Waals surface area contributed by atoms with E-state index in [9.17, 15) is 4.79 Å². The third-order valence-corrected chi connectivity index (χ3v) is 8.21. The lowest BCUT2D eigenvalue weighted by atomic mass is 9.82. The van der Waals surface area contributed by atoms with Crippen LogP contribution in [0.4, 0.5) is 11.4 Å². The average molecular weight is 500 g/mol. The van der Waals surface area contributed by atoms with Gasteiger partial charge in [-0.15, -0.1) is 11.3 Å². The highest BCUT2D eigenvalue weighted by Crippen LogP contribution is 2.38. The normalized spacial score (nSPS) is 14.4. The van der Waals surface area contributed by atoms with Gasteiger partial charge in [0.05, 0.1) is 20.8 Å². The highest BCUT2D eigenvalue weighted by molar-refractivity contribution is 7.59. The molecule has 0 N–H and O–H groups in total. The minimum Gasteiger partial charge on any atom is -0.373 e. The lowest BCUT2D eigenvalue weighted by molar-refractivity contribution is 0.296. The van der Waals surface area contributed by atoms with Crippen LogP contribution in [-0.2, 0) is 6.42 Å². The lowest BCUT2D eigenvalue weighted by Gasteiger charge is -2.29. The molecule has 1 aliphatic carbocycles. The van der Waals surface area contributed by atoms with Crippen molar-refractivity contribution in [3.63, 3.8) is 0 Å². The van der Waals surface area contributed by atoms with E-state index < -0.39 is 0 Å². The number of hydrogen-bond donors (Lipinski definition) is 0. The van der Waals surface area contributed by atoms with Crippen LogP contribution in [0.3, 0.4) is 0 Å². The van der Waals surface area contributed by atoms with Gasteiger partial charge in [0.25, 0.3) is 0 Å². The molecule has 0 unspecified atom stereocenters. The summed E-state index contributed by atoms with van der Waals surface area (Å²) in [5.74, 6) is 0. The number of fused-ring (bicyclic) bond motifs is 2.